The van der Waals surface area contributed by atoms with Gasteiger partial charge in [-0.15, -0.1) is 14.8 Å². The Labute approximate surface area is 144 Å². The molecular weight excluding hydrogens is 316 g/mol. The zero-order chi connectivity index (χ0) is 17.1. The summed E-state index contributed by atoms with van der Waals surface area (Å²) in [6.45, 7) is 0. The van der Waals surface area contributed by atoms with Crippen LogP contribution in [-0.2, 0) is 6.42 Å². The van der Waals surface area contributed by atoms with Gasteiger partial charge in [0.15, 0.2) is 11.5 Å². The molecule has 0 amide bonds. The Morgan fingerprint density at radius 1 is 1.04 bits per heavy atom. The van der Waals surface area contributed by atoms with Crippen LogP contribution in [0.2, 0.25) is 0 Å². The maximum absolute atomic E-state index is 5.50. The maximum atomic E-state index is 5.50. The van der Waals surface area contributed by atoms with Crippen LogP contribution in [0.3, 0.4) is 0 Å². The van der Waals surface area contributed by atoms with Gasteiger partial charge in [-0.25, -0.2) is 0 Å². The number of methoxy groups -OCH3 is 1. The van der Waals surface area contributed by atoms with E-state index in [1.807, 2.05) is 42.5 Å². The third kappa shape index (κ3) is 3.25. The summed E-state index contributed by atoms with van der Waals surface area (Å²) in [7, 11) is 1.68. The Morgan fingerprint density at radius 2 is 1.92 bits per heavy atom. The van der Waals surface area contributed by atoms with Crippen LogP contribution in [-0.4, -0.2) is 32.4 Å². The largest absolute Gasteiger partial charge is 0.496 e. The predicted molar refractivity (Wildman–Crippen MR) is 94.1 cm³/mol. The first-order valence-corrected chi connectivity index (χ1v) is 7.85. The number of tetrazole rings is 1. The molecule has 0 bridgehead atoms. The number of aromatic nitrogens is 5. The van der Waals surface area contributed by atoms with Crippen LogP contribution in [0.15, 0.2) is 60.7 Å². The average molecular weight is 332 g/mol. The van der Waals surface area contributed by atoms with E-state index >= 15 is 0 Å². The minimum absolute atomic E-state index is 0.602. The Bertz CT molecular complexity index is 999. The third-order valence-electron chi connectivity index (χ3n) is 3.86. The molecule has 0 aliphatic carbocycles. The van der Waals surface area contributed by atoms with Gasteiger partial charge in [-0.2, -0.15) is 0 Å². The molecule has 124 valence electrons. The van der Waals surface area contributed by atoms with E-state index in [0.717, 1.165) is 23.4 Å². The first-order valence-electron chi connectivity index (χ1n) is 7.85. The zero-order valence-electron chi connectivity index (χ0n) is 13.6. The molecule has 1 N–H and O–H groups in total. The van der Waals surface area contributed by atoms with E-state index in [4.69, 9.17) is 4.74 Å². The van der Waals surface area contributed by atoms with Crippen LogP contribution in [0.25, 0.3) is 5.65 Å². The van der Waals surface area contributed by atoms with Crippen molar-refractivity contribution in [1.29, 1.82) is 0 Å². The maximum Gasteiger partial charge on any atom is 0.200 e. The van der Waals surface area contributed by atoms with Crippen LogP contribution in [0.4, 0.5) is 11.5 Å². The van der Waals surface area contributed by atoms with Crippen molar-refractivity contribution in [1.82, 2.24) is 25.3 Å². The highest BCUT2D eigenvalue weighted by atomic mass is 16.5. The topological polar surface area (TPSA) is 77.2 Å². The molecule has 0 fully saturated rings. The minimum atomic E-state index is 0.602. The van der Waals surface area contributed by atoms with Gasteiger partial charge in [0.2, 0.25) is 0 Å². The van der Waals surface area contributed by atoms with Gasteiger partial charge in [0.25, 0.3) is 0 Å². The van der Waals surface area contributed by atoms with Gasteiger partial charge in [0.1, 0.15) is 5.75 Å². The lowest BCUT2D eigenvalue weighted by Crippen LogP contribution is -2.01. The molecule has 2 aromatic carbocycles. The molecule has 4 rings (SSSR count). The second-order valence-corrected chi connectivity index (χ2v) is 5.56. The summed E-state index contributed by atoms with van der Waals surface area (Å²) < 4.78 is 6.88. The molecule has 0 saturated carbocycles. The van der Waals surface area contributed by atoms with E-state index in [-0.39, 0.29) is 0 Å². The van der Waals surface area contributed by atoms with E-state index in [1.54, 1.807) is 7.11 Å². The summed E-state index contributed by atoms with van der Waals surface area (Å²) in [6, 6.07) is 19.9. The van der Waals surface area contributed by atoms with Crippen molar-refractivity contribution in [2.24, 2.45) is 0 Å². The van der Waals surface area contributed by atoms with Crippen LogP contribution in [0.5, 0.6) is 5.75 Å². The molecule has 7 nitrogen and oxygen atoms in total. The average Bonchev–Trinajstić information content (AvgIpc) is 3.11. The second-order valence-electron chi connectivity index (χ2n) is 5.56. The van der Waals surface area contributed by atoms with Crippen molar-refractivity contribution < 1.29 is 4.74 Å². The fourth-order valence-corrected chi connectivity index (χ4v) is 2.67. The SMILES string of the molecule is COc1ccc(Nc2ccc3nnnn3n2)cc1Cc1ccccc1. The lowest BCUT2D eigenvalue weighted by atomic mass is 10.0. The summed E-state index contributed by atoms with van der Waals surface area (Å²) in [4.78, 5) is 0. The zero-order valence-corrected chi connectivity index (χ0v) is 13.6. The number of nitrogens with zero attached hydrogens (tertiary/aromatic N) is 5. The van der Waals surface area contributed by atoms with Crippen molar-refractivity contribution in [3.63, 3.8) is 0 Å². The summed E-state index contributed by atoms with van der Waals surface area (Å²) in [6.07, 6.45) is 0.791. The van der Waals surface area contributed by atoms with Crippen LogP contribution in [0, 0.1) is 0 Å². The molecule has 0 aliphatic heterocycles. The molecule has 25 heavy (non-hydrogen) atoms. The second kappa shape index (κ2) is 6.56. The molecule has 0 spiro atoms. The van der Waals surface area contributed by atoms with Crippen molar-refractivity contribution in [2.45, 2.75) is 6.42 Å². The minimum Gasteiger partial charge on any atom is -0.496 e. The number of anilines is 2. The van der Waals surface area contributed by atoms with Crippen LogP contribution >= 0.6 is 0 Å². The summed E-state index contributed by atoms with van der Waals surface area (Å²) in [5, 5.41) is 18.8. The summed E-state index contributed by atoms with van der Waals surface area (Å²) in [5.74, 6) is 1.52. The first-order chi connectivity index (χ1) is 12.3. The predicted octanol–water partition coefficient (Wildman–Crippen LogP) is 2.86. The summed E-state index contributed by atoms with van der Waals surface area (Å²) in [5.41, 5.74) is 3.85. The van der Waals surface area contributed by atoms with Crippen molar-refractivity contribution in [3.8, 4) is 5.75 Å². The number of rotatable bonds is 5. The number of ether oxygens (including phenoxy) is 1. The van der Waals surface area contributed by atoms with E-state index in [1.165, 1.54) is 10.2 Å². The lowest BCUT2D eigenvalue weighted by molar-refractivity contribution is 0.410. The normalized spacial score (nSPS) is 10.8. The monoisotopic (exact) mass is 332 g/mol. The highest BCUT2D eigenvalue weighted by molar-refractivity contribution is 5.60. The molecule has 0 saturated heterocycles. The molecule has 4 aromatic rings. The number of hydrogen-bond donors (Lipinski definition) is 1. The molecule has 0 unspecified atom stereocenters. The van der Waals surface area contributed by atoms with Crippen molar-refractivity contribution in [3.05, 3.63) is 71.8 Å². The van der Waals surface area contributed by atoms with Gasteiger partial charge < -0.3 is 10.1 Å². The Morgan fingerprint density at radius 3 is 2.76 bits per heavy atom. The lowest BCUT2D eigenvalue weighted by Gasteiger charge is -2.12. The highest BCUT2D eigenvalue weighted by Gasteiger charge is 2.07. The van der Waals surface area contributed by atoms with Gasteiger partial charge in [-0.3, -0.25) is 0 Å². The van der Waals surface area contributed by atoms with Gasteiger partial charge in [0.05, 0.1) is 7.11 Å². The smallest absolute Gasteiger partial charge is 0.200 e. The highest BCUT2D eigenvalue weighted by Crippen LogP contribution is 2.26. The van der Waals surface area contributed by atoms with Gasteiger partial charge in [-0.1, -0.05) is 30.3 Å². The fourth-order valence-electron chi connectivity index (χ4n) is 2.67. The number of benzene rings is 2. The quantitative estimate of drug-likeness (QED) is 0.605. The molecule has 0 radical (unpaired) electrons. The standard InChI is InChI=1S/C18H16N6O/c1-25-16-8-7-15(12-14(16)11-13-5-3-2-4-6-13)19-17-9-10-18-20-22-23-24(18)21-17/h2-10,12H,11H2,1H3,(H,19,21). The molecule has 0 atom stereocenters. The first kappa shape index (κ1) is 15.1. The molecule has 2 aromatic heterocycles. The van der Waals surface area contributed by atoms with E-state index in [2.05, 4.69) is 44.1 Å². The Hall–Kier alpha value is -3.48. The molecular formula is C18H16N6O. The van der Waals surface area contributed by atoms with E-state index in [0.29, 0.717) is 11.5 Å². The molecule has 0 aliphatic rings. The van der Waals surface area contributed by atoms with Gasteiger partial charge in [-0.05, 0) is 46.3 Å². The Balaban J connectivity index is 1.62. The number of hydrogen-bond acceptors (Lipinski definition) is 6. The molecule has 7 heteroatoms. The summed E-state index contributed by atoms with van der Waals surface area (Å²) >= 11 is 0. The van der Waals surface area contributed by atoms with Crippen LogP contribution < -0.4 is 10.1 Å². The van der Waals surface area contributed by atoms with E-state index in [9.17, 15) is 0 Å². The fraction of sp³-hybridized carbons (Fsp3) is 0.111. The number of fused-ring (bicyclic) bond motifs is 1. The van der Waals surface area contributed by atoms with Crippen molar-refractivity contribution in [2.75, 3.05) is 12.4 Å². The Kier molecular flexibility index (Phi) is 3.96. The van der Waals surface area contributed by atoms with Crippen molar-refractivity contribution >= 4 is 17.2 Å². The number of nitrogens with one attached hydrogen (secondary N) is 1. The van der Waals surface area contributed by atoms with Gasteiger partial charge >= 0.3 is 0 Å². The van der Waals surface area contributed by atoms with E-state index < -0.39 is 0 Å². The van der Waals surface area contributed by atoms with Gasteiger partial charge in [0, 0.05) is 17.7 Å². The third-order valence-corrected chi connectivity index (χ3v) is 3.86. The van der Waals surface area contributed by atoms with Crippen LogP contribution in [0.1, 0.15) is 11.1 Å². The molecule has 2 heterocycles.